The van der Waals surface area contributed by atoms with E-state index < -0.39 is 0 Å². The number of esters is 1. The van der Waals surface area contributed by atoms with Gasteiger partial charge >= 0.3 is 5.97 Å². The van der Waals surface area contributed by atoms with Crippen LogP contribution in [0.2, 0.25) is 0 Å². The molecule has 68 valence electrons. The highest BCUT2D eigenvalue weighted by Crippen LogP contribution is 2.25. The van der Waals surface area contributed by atoms with Crippen LogP contribution in [0.15, 0.2) is 12.2 Å². The molecule has 0 spiro atoms. The van der Waals surface area contributed by atoms with Crippen LogP contribution in [0.3, 0.4) is 0 Å². The van der Waals surface area contributed by atoms with Gasteiger partial charge in [-0.2, -0.15) is 0 Å². The third-order valence-corrected chi connectivity index (χ3v) is 2.34. The highest BCUT2D eigenvalue weighted by atomic mass is 16.5. The number of carbonyl (C=O) groups is 1. The van der Waals surface area contributed by atoms with Crippen LogP contribution >= 0.6 is 0 Å². The number of carbonyl (C=O) groups excluding carboxylic acids is 1. The van der Waals surface area contributed by atoms with Crippen LogP contribution in [0, 0.1) is 11.8 Å². The number of ether oxygens (including phenoxy) is 1. The molecule has 0 bridgehead atoms. The second-order valence-corrected chi connectivity index (χ2v) is 3.28. The van der Waals surface area contributed by atoms with Crippen molar-refractivity contribution in [3.63, 3.8) is 0 Å². The number of hydrogen-bond acceptors (Lipinski definition) is 2. The van der Waals surface area contributed by atoms with E-state index >= 15 is 0 Å². The predicted molar refractivity (Wildman–Crippen MR) is 47.7 cm³/mol. The first-order valence-electron chi connectivity index (χ1n) is 4.57. The van der Waals surface area contributed by atoms with Crippen molar-refractivity contribution in [1.82, 2.24) is 0 Å². The fraction of sp³-hybridized carbons (Fsp3) is 0.700. The first kappa shape index (κ1) is 9.30. The lowest BCUT2D eigenvalue weighted by molar-refractivity contribution is -0.149. The second kappa shape index (κ2) is 4.29. The standard InChI is InChI=1S/C10H16O2/c1-3-12-10(11)9-7-5-4-6-8(9)2/h4-5,8-9H,3,6-7H2,1-2H3. The molecule has 2 atom stereocenters. The number of allylic oxidation sites excluding steroid dienone is 2. The van der Waals surface area contributed by atoms with E-state index in [1.807, 2.05) is 6.92 Å². The van der Waals surface area contributed by atoms with Crippen LogP contribution in [0.4, 0.5) is 0 Å². The zero-order valence-electron chi connectivity index (χ0n) is 7.75. The Morgan fingerprint density at radius 1 is 1.50 bits per heavy atom. The minimum Gasteiger partial charge on any atom is -0.466 e. The molecule has 1 aliphatic rings. The molecule has 0 aromatic rings. The van der Waals surface area contributed by atoms with Gasteiger partial charge in [-0.1, -0.05) is 19.1 Å². The third-order valence-electron chi connectivity index (χ3n) is 2.34. The molecule has 2 unspecified atom stereocenters. The molecule has 0 amide bonds. The Hall–Kier alpha value is -0.790. The topological polar surface area (TPSA) is 26.3 Å². The van der Waals surface area contributed by atoms with E-state index in [-0.39, 0.29) is 11.9 Å². The number of rotatable bonds is 2. The van der Waals surface area contributed by atoms with Crippen LogP contribution in [-0.4, -0.2) is 12.6 Å². The van der Waals surface area contributed by atoms with Gasteiger partial charge in [0.15, 0.2) is 0 Å². The number of hydrogen-bond donors (Lipinski definition) is 0. The summed E-state index contributed by atoms with van der Waals surface area (Å²) >= 11 is 0. The molecule has 0 heterocycles. The molecular formula is C10H16O2. The Bertz CT molecular complexity index is 184. The van der Waals surface area contributed by atoms with E-state index in [4.69, 9.17) is 4.74 Å². The first-order valence-corrected chi connectivity index (χ1v) is 4.57. The lowest BCUT2D eigenvalue weighted by atomic mass is 9.84. The summed E-state index contributed by atoms with van der Waals surface area (Å²) in [6.07, 6.45) is 6.06. The summed E-state index contributed by atoms with van der Waals surface area (Å²) in [5.41, 5.74) is 0. The average molecular weight is 168 g/mol. The summed E-state index contributed by atoms with van der Waals surface area (Å²) in [5.74, 6) is 0.498. The van der Waals surface area contributed by atoms with Gasteiger partial charge in [-0.15, -0.1) is 0 Å². The monoisotopic (exact) mass is 168 g/mol. The SMILES string of the molecule is CCOC(=O)C1CC=CCC1C. The van der Waals surface area contributed by atoms with Gasteiger partial charge in [-0.25, -0.2) is 0 Å². The Morgan fingerprint density at radius 3 is 2.75 bits per heavy atom. The zero-order chi connectivity index (χ0) is 8.97. The van der Waals surface area contributed by atoms with Crippen LogP contribution in [-0.2, 0) is 9.53 Å². The molecule has 0 aliphatic heterocycles. The lowest BCUT2D eigenvalue weighted by Gasteiger charge is -2.22. The smallest absolute Gasteiger partial charge is 0.309 e. The van der Waals surface area contributed by atoms with E-state index in [2.05, 4.69) is 19.1 Å². The minimum atomic E-state index is -0.0330. The van der Waals surface area contributed by atoms with Gasteiger partial charge in [0.1, 0.15) is 0 Å². The van der Waals surface area contributed by atoms with E-state index in [1.54, 1.807) is 0 Å². The molecule has 1 aliphatic carbocycles. The van der Waals surface area contributed by atoms with E-state index in [9.17, 15) is 4.79 Å². The second-order valence-electron chi connectivity index (χ2n) is 3.28. The molecule has 2 nitrogen and oxygen atoms in total. The summed E-state index contributed by atoms with van der Waals surface area (Å²) in [4.78, 5) is 11.4. The maximum absolute atomic E-state index is 11.4. The Morgan fingerprint density at radius 2 is 2.17 bits per heavy atom. The molecule has 0 saturated heterocycles. The van der Waals surface area contributed by atoms with Crippen molar-refractivity contribution < 1.29 is 9.53 Å². The van der Waals surface area contributed by atoms with Crippen molar-refractivity contribution in [2.45, 2.75) is 26.7 Å². The molecule has 2 heteroatoms. The van der Waals surface area contributed by atoms with Crippen molar-refractivity contribution in [3.8, 4) is 0 Å². The zero-order valence-corrected chi connectivity index (χ0v) is 7.75. The predicted octanol–water partition coefficient (Wildman–Crippen LogP) is 2.15. The highest BCUT2D eigenvalue weighted by molar-refractivity contribution is 5.73. The summed E-state index contributed by atoms with van der Waals surface area (Å²) in [6.45, 7) is 4.44. The van der Waals surface area contributed by atoms with Gasteiger partial charge in [0.05, 0.1) is 12.5 Å². The van der Waals surface area contributed by atoms with Crippen LogP contribution < -0.4 is 0 Å². The Kier molecular flexibility index (Phi) is 3.32. The van der Waals surface area contributed by atoms with Gasteiger partial charge in [-0.05, 0) is 25.7 Å². The van der Waals surface area contributed by atoms with Crippen molar-refractivity contribution in [3.05, 3.63) is 12.2 Å². The lowest BCUT2D eigenvalue weighted by Crippen LogP contribution is -2.25. The molecule has 12 heavy (non-hydrogen) atoms. The fourth-order valence-electron chi connectivity index (χ4n) is 1.53. The molecule has 0 saturated carbocycles. The van der Waals surface area contributed by atoms with Gasteiger partial charge in [0.25, 0.3) is 0 Å². The van der Waals surface area contributed by atoms with E-state index in [0.717, 1.165) is 12.8 Å². The molecule has 1 rings (SSSR count). The van der Waals surface area contributed by atoms with E-state index in [1.165, 1.54) is 0 Å². The maximum Gasteiger partial charge on any atom is 0.309 e. The van der Waals surface area contributed by atoms with Crippen LogP contribution in [0.1, 0.15) is 26.7 Å². The summed E-state index contributed by atoms with van der Waals surface area (Å²) in [6, 6.07) is 0. The van der Waals surface area contributed by atoms with Gasteiger partial charge in [0, 0.05) is 0 Å². The molecule has 0 fully saturated rings. The van der Waals surface area contributed by atoms with Crippen LogP contribution in [0.25, 0.3) is 0 Å². The molecule has 0 aromatic carbocycles. The van der Waals surface area contributed by atoms with Crippen LogP contribution in [0.5, 0.6) is 0 Å². The van der Waals surface area contributed by atoms with E-state index in [0.29, 0.717) is 12.5 Å². The largest absolute Gasteiger partial charge is 0.466 e. The highest BCUT2D eigenvalue weighted by Gasteiger charge is 2.26. The summed E-state index contributed by atoms with van der Waals surface area (Å²) < 4.78 is 4.98. The maximum atomic E-state index is 11.4. The average Bonchev–Trinajstić information content (AvgIpc) is 2.05. The molecule has 0 aromatic heterocycles. The van der Waals surface area contributed by atoms with Crippen molar-refractivity contribution >= 4 is 5.97 Å². The van der Waals surface area contributed by atoms with Gasteiger partial charge in [-0.3, -0.25) is 4.79 Å². The quantitative estimate of drug-likeness (QED) is 0.466. The van der Waals surface area contributed by atoms with Crippen molar-refractivity contribution in [2.75, 3.05) is 6.61 Å². The molecule has 0 radical (unpaired) electrons. The third kappa shape index (κ3) is 2.10. The first-order chi connectivity index (χ1) is 5.75. The Labute approximate surface area is 73.6 Å². The van der Waals surface area contributed by atoms with Gasteiger partial charge in [0.2, 0.25) is 0 Å². The van der Waals surface area contributed by atoms with Gasteiger partial charge < -0.3 is 4.74 Å². The fourth-order valence-corrected chi connectivity index (χ4v) is 1.53. The van der Waals surface area contributed by atoms with Crippen molar-refractivity contribution in [2.24, 2.45) is 11.8 Å². The summed E-state index contributed by atoms with van der Waals surface area (Å²) in [7, 11) is 0. The molecular weight excluding hydrogens is 152 g/mol. The molecule has 0 N–H and O–H groups in total. The summed E-state index contributed by atoms with van der Waals surface area (Å²) in [5, 5.41) is 0. The minimum absolute atomic E-state index is 0.0330. The Balaban J connectivity index is 2.49. The van der Waals surface area contributed by atoms with Crippen molar-refractivity contribution in [1.29, 1.82) is 0 Å². The normalized spacial score (nSPS) is 28.5.